The molecule has 0 saturated carbocycles. The number of rotatable bonds is 7. The lowest BCUT2D eigenvalue weighted by atomic mass is 10.0. The third-order valence-corrected chi connectivity index (χ3v) is 6.39. The highest BCUT2D eigenvalue weighted by Gasteiger charge is 2.33. The molecule has 0 bridgehead atoms. The van der Waals surface area contributed by atoms with Crippen molar-refractivity contribution in [2.24, 2.45) is 0 Å². The molecule has 0 aromatic heterocycles. The number of benzene rings is 1. The average molecular weight is 381 g/mol. The van der Waals surface area contributed by atoms with Gasteiger partial charge in [-0.2, -0.15) is 4.31 Å². The molecule has 2 N–H and O–H groups in total. The summed E-state index contributed by atoms with van der Waals surface area (Å²) in [6.45, 7) is 3.11. The number of hydrogen-bond acceptors (Lipinski definition) is 4. The van der Waals surface area contributed by atoms with Gasteiger partial charge in [-0.25, -0.2) is 8.42 Å². The van der Waals surface area contributed by atoms with Crippen molar-refractivity contribution in [3.63, 3.8) is 0 Å². The lowest BCUT2D eigenvalue weighted by molar-refractivity contribution is -0.139. The number of carbonyl (C=O) groups is 2. The van der Waals surface area contributed by atoms with E-state index in [0.29, 0.717) is 19.5 Å². The first-order valence-electron chi connectivity index (χ1n) is 9.09. The van der Waals surface area contributed by atoms with Gasteiger partial charge in [-0.1, -0.05) is 31.5 Å². The van der Waals surface area contributed by atoms with Gasteiger partial charge in [-0.3, -0.25) is 9.59 Å². The molecular weight excluding hydrogens is 354 g/mol. The summed E-state index contributed by atoms with van der Waals surface area (Å²) >= 11 is 0. The van der Waals surface area contributed by atoms with Crippen LogP contribution in [0.3, 0.4) is 0 Å². The Bertz CT molecular complexity index is 706. The molecular formula is C18H27N3O4S. The van der Waals surface area contributed by atoms with Gasteiger partial charge in [-0.15, -0.1) is 0 Å². The second-order valence-electron chi connectivity index (χ2n) is 6.38. The first-order valence-corrected chi connectivity index (χ1v) is 10.5. The van der Waals surface area contributed by atoms with E-state index in [2.05, 4.69) is 10.6 Å². The maximum absolute atomic E-state index is 12.9. The van der Waals surface area contributed by atoms with E-state index in [1.54, 1.807) is 30.3 Å². The van der Waals surface area contributed by atoms with E-state index in [1.165, 1.54) is 4.31 Å². The largest absolute Gasteiger partial charge is 0.348 e. The fourth-order valence-corrected chi connectivity index (χ4v) is 4.80. The number of nitrogens with one attached hydrogen (secondary N) is 2. The van der Waals surface area contributed by atoms with Gasteiger partial charge in [0.25, 0.3) is 0 Å². The summed E-state index contributed by atoms with van der Waals surface area (Å²) in [6.07, 6.45) is 3.78. The fourth-order valence-electron chi connectivity index (χ4n) is 3.06. The zero-order chi connectivity index (χ0) is 19.0. The molecule has 0 unspecified atom stereocenters. The van der Waals surface area contributed by atoms with Gasteiger partial charge in [0.2, 0.25) is 10.0 Å². The molecule has 1 aromatic carbocycles. The fraction of sp³-hybridized carbons (Fsp3) is 0.556. The summed E-state index contributed by atoms with van der Waals surface area (Å²) in [6, 6.07) is 8.23. The van der Waals surface area contributed by atoms with Gasteiger partial charge in [0.15, 0.2) is 0 Å². The lowest BCUT2D eigenvalue weighted by Crippen LogP contribution is -2.46. The number of piperidine rings is 1. The molecule has 1 aromatic rings. The maximum atomic E-state index is 12.9. The van der Waals surface area contributed by atoms with Crippen LogP contribution in [0.5, 0.6) is 0 Å². The summed E-state index contributed by atoms with van der Waals surface area (Å²) in [5.74, 6) is -1.32. The summed E-state index contributed by atoms with van der Waals surface area (Å²) in [5, 5.41) is 5.10. The molecule has 26 heavy (non-hydrogen) atoms. The molecule has 8 heteroatoms. The third kappa shape index (κ3) is 5.28. The van der Waals surface area contributed by atoms with Crippen molar-refractivity contribution in [3.05, 3.63) is 30.3 Å². The van der Waals surface area contributed by atoms with Crippen LogP contribution < -0.4 is 10.6 Å². The van der Waals surface area contributed by atoms with Crippen molar-refractivity contribution < 1.29 is 18.0 Å². The Kier molecular flexibility index (Phi) is 7.59. The highest BCUT2D eigenvalue weighted by Crippen LogP contribution is 2.26. The van der Waals surface area contributed by atoms with Crippen molar-refractivity contribution in [2.45, 2.75) is 50.0 Å². The minimum Gasteiger partial charge on any atom is -0.348 e. The van der Waals surface area contributed by atoms with Crippen LogP contribution in [0.4, 0.5) is 0 Å². The molecule has 0 radical (unpaired) electrons. The topological polar surface area (TPSA) is 95.6 Å². The molecule has 1 aliphatic rings. The smallest absolute Gasteiger partial charge is 0.309 e. The second kappa shape index (κ2) is 9.68. The molecule has 144 valence electrons. The monoisotopic (exact) mass is 381 g/mol. The van der Waals surface area contributed by atoms with Crippen LogP contribution in [0, 0.1) is 0 Å². The molecule has 1 saturated heterocycles. The Labute approximate surface area is 155 Å². The predicted octanol–water partition coefficient (Wildman–Crippen LogP) is 1.26. The van der Waals surface area contributed by atoms with Crippen molar-refractivity contribution in [3.8, 4) is 0 Å². The summed E-state index contributed by atoms with van der Waals surface area (Å²) in [4.78, 5) is 23.6. The zero-order valence-electron chi connectivity index (χ0n) is 15.1. The molecule has 2 rings (SSSR count). The molecule has 1 atom stereocenters. The Hall–Kier alpha value is -1.93. The lowest BCUT2D eigenvalue weighted by Gasteiger charge is -2.34. The van der Waals surface area contributed by atoms with E-state index in [9.17, 15) is 18.0 Å². The number of hydrogen-bond donors (Lipinski definition) is 2. The van der Waals surface area contributed by atoms with Gasteiger partial charge in [0.1, 0.15) is 0 Å². The highest BCUT2D eigenvalue weighted by atomic mass is 32.2. The minimum absolute atomic E-state index is 0.173. The van der Waals surface area contributed by atoms with Crippen LogP contribution in [-0.2, 0) is 19.6 Å². The average Bonchev–Trinajstić information content (AvgIpc) is 2.67. The number of sulfonamides is 1. The van der Waals surface area contributed by atoms with Crippen LogP contribution in [0.25, 0.3) is 0 Å². The van der Waals surface area contributed by atoms with Gasteiger partial charge in [-0.05, 0) is 37.8 Å². The standard InChI is InChI=1S/C18H27N3O4S/c1-2-12-19-17(22)18(23)20-13-11-15-8-6-7-14-21(15)26(24,25)16-9-4-3-5-10-16/h3-5,9-10,15H,2,6-8,11-14H2,1H3,(H,19,22)(H,20,23)/t15-/m0/s1. The van der Waals surface area contributed by atoms with E-state index >= 15 is 0 Å². The number of nitrogens with zero attached hydrogens (tertiary/aromatic N) is 1. The minimum atomic E-state index is -3.55. The van der Waals surface area contributed by atoms with Crippen molar-refractivity contribution in [1.82, 2.24) is 14.9 Å². The van der Waals surface area contributed by atoms with Gasteiger partial charge in [0.05, 0.1) is 4.90 Å². The van der Waals surface area contributed by atoms with E-state index in [4.69, 9.17) is 0 Å². The number of amides is 2. The van der Waals surface area contributed by atoms with E-state index in [-0.39, 0.29) is 17.5 Å². The van der Waals surface area contributed by atoms with Crippen LogP contribution in [0.15, 0.2) is 35.2 Å². The van der Waals surface area contributed by atoms with E-state index < -0.39 is 21.8 Å². The van der Waals surface area contributed by atoms with Crippen LogP contribution in [0.2, 0.25) is 0 Å². The first kappa shape index (κ1) is 20.4. The molecule has 7 nitrogen and oxygen atoms in total. The molecule has 2 amide bonds. The Morgan fingerprint density at radius 2 is 1.73 bits per heavy atom. The molecule has 0 spiro atoms. The van der Waals surface area contributed by atoms with Crippen molar-refractivity contribution in [2.75, 3.05) is 19.6 Å². The van der Waals surface area contributed by atoms with Crippen molar-refractivity contribution in [1.29, 1.82) is 0 Å². The Morgan fingerprint density at radius 1 is 1.08 bits per heavy atom. The molecule has 0 aliphatic carbocycles. The predicted molar refractivity (Wildman–Crippen MR) is 98.9 cm³/mol. The highest BCUT2D eigenvalue weighted by molar-refractivity contribution is 7.89. The van der Waals surface area contributed by atoms with Crippen LogP contribution in [-0.4, -0.2) is 50.2 Å². The number of carbonyl (C=O) groups excluding carboxylic acids is 2. The van der Waals surface area contributed by atoms with Crippen molar-refractivity contribution >= 4 is 21.8 Å². The molecule has 1 heterocycles. The van der Waals surface area contributed by atoms with E-state index in [0.717, 1.165) is 25.7 Å². The van der Waals surface area contributed by atoms with Gasteiger partial charge < -0.3 is 10.6 Å². The summed E-state index contributed by atoms with van der Waals surface area (Å²) < 4.78 is 27.3. The summed E-state index contributed by atoms with van der Waals surface area (Å²) in [5.41, 5.74) is 0. The van der Waals surface area contributed by atoms with E-state index in [1.807, 2.05) is 6.92 Å². The van der Waals surface area contributed by atoms with Crippen LogP contribution >= 0.6 is 0 Å². The normalized spacial score (nSPS) is 18.3. The van der Waals surface area contributed by atoms with Gasteiger partial charge >= 0.3 is 11.8 Å². The van der Waals surface area contributed by atoms with Gasteiger partial charge in [0, 0.05) is 25.7 Å². The maximum Gasteiger partial charge on any atom is 0.309 e. The summed E-state index contributed by atoms with van der Waals surface area (Å²) in [7, 11) is -3.55. The third-order valence-electron chi connectivity index (χ3n) is 4.43. The zero-order valence-corrected chi connectivity index (χ0v) is 15.9. The molecule has 1 fully saturated rings. The molecule has 1 aliphatic heterocycles. The second-order valence-corrected chi connectivity index (χ2v) is 8.27. The SMILES string of the molecule is CCCNC(=O)C(=O)NCC[C@@H]1CCCCN1S(=O)(=O)c1ccccc1. The first-order chi connectivity index (χ1) is 12.5. The quantitative estimate of drug-likeness (QED) is 0.695. The Morgan fingerprint density at radius 3 is 2.38 bits per heavy atom. The van der Waals surface area contributed by atoms with Crippen LogP contribution in [0.1, 0.15) is 39.0 Å². The Balaban J connectivity index is 1.95.